The number of nitrogens with two attached hydrogens (primary N) is 1. The van der Waals surface area contributed by atoms with Gasteiger partial charge in [-0.2, -0.15) is 0 Å². The second-order valence-corrected chi connectivity index (χ2v) is 4.68. The summed E-state index contributed by atoms with van der Waals surface area (Å²) in [6.07, 6.45) is 3.72. The molecule has 1 aromatic rings. The van der Waals surface area contributed by atoms with Crippen molar-refractivity contribution in [1.29, 1.82) is 0 Å². The topological polar surface area (TPSA) is 64.3 Å². The summed E-state index contributed by atoms with van der Waals surface area (Å²) in [4.78, 5) is 11.6. The van der Waals surface area contributed by atoms with Crippen molar-refractivity contribution in [3.63, 3.8) is 0 Å². The average molecular weight is 248 g/mol. The lowest BCUT2D eigenvalue weighted by molar-refractivity contribution is -0.123. The SMILES string of the molecule is NCc1ccccc1OCC(=O)NCCC1CC1. The average Bonchev–Trinajstić information content (AvgIpc) is 3.21. The molecule has 0 saturated heterocycles. The fraction of sp³-hybridized carbons (Fsp3) is 0.500. The quantitative estimate of drug-likeness (QED) is 0.767. The van der Waals surface area contributed by atoms with Crippen LogP contribution in [-0.4, -0.2) is 19.1 Å². The van der Waals surface area contributed by atoms with Gasteiger partial charge in [-0.05, 0) is 18.4 Å². The maximum Gasteiger partial charge on any atom is 0.257 e. The predicted octanol–water partition coefficient (Wildman–Crippen LogP) is 1.44. The second-order valence-electron chi connectivity index (χ2n) is 4.68. The third-order valence-electron chi connectivity index (χ3n) is 3.12. The lowest BCUT2D eigenvalue weighted by Gasteiger charge is -2.10. The monoisotopic (exact) mass is 248 g/mol. The Bertz CT molecular complexity index is 403. The first-order valence-electron chi connectivity index (χ1n) is 6.47. The zero-order valence-corrected chi connectivity index (χ0v) is 10.5. The third kappa shape index (κ3) is 4.04. The van der Waals surface area contributed by atoms with Crippen molar-refractivity contribution in [2.45, 2.75) is 25.8 Å². The van der Waals surface area contributed by atoms with Crippen LogP contribution < -0.4 is 15.8 Å². The van der Waals surface area contributed by atoms with Gasteiger partial charge in [0.15, 0.2) is 6.61 Å². The van der Waals surface area contributed by atoms with Gasteiger partial charge in [-0.3, -0.25) is 4.79 Å². The molecule has 0 spiro atoms. The molecule has 4 heteroatoms. The molecule has 1 amide bonds. The molecular formula is C14H20N2O2. The first-order chi connectivity index (χ1) is 8.79. The van der Waals surface area contributed by atoms with Gasteiger partial charge in [0.2, 0.25) is 0 Å². The van der Waals surface area contributed by atoms with Crippen molar-refractivity contribution in [2.75, 3.05) is 13.2 Å². The summed E-state index contributed by atoms with van der Waals surface area (Å²) in [5.74, 6) is 1.46. The summed E-state index contributed by atoms with van der Waals surface area (Å²) < 4.78 is 5.47. The van der Waals surface area contributed by atoms with Gasteiger partial charge in [-0.1, -0.05) is 31.0 Å². The van der Waals surface area contributed by atoms with Gasteiger partial charge >= 0.3 is 0 Å². The van der Waals surface area contributed by atoms with Gasteiger partial charge < -0.3 is 15.8 Å². The van der Waals surface area contributed by atoms with Crippen LogP contribution in [0.1, 0.15) is 24.8 Å². The van der Waals surface area contributed by atoms with E-state index in [4.69, 9.17) is 10.5 Å². The van der Waals surface area contributed by atoms with Crippen LogP contribution in [0.15, 0.2) is 24.3 Å². The molecule has 4 nitrogen and oxygen atoms in total. The standard InChI is InChI=1S/C14H20N2O2/c15-9-12-3-1-2-4-13(12)18-10-14(17)16-8-7-11-5-6-11/h1-4,11H,5-10,15H2,(H,16,17). The van der Waals surface area contributed by atoms with E-state index in [-0.39, 0.29) is 12.5 Å². The van der Waals surface area contributed by atoms with Crippen LogP contribution in [0.4, 0.5) is 0 Å². The van der Waals surface area contributed by atoms with Crippen molar-refractivity contribution in [2.24, 2.45) is 11.7 Å². The van der Waals surface area contributed by atoms with Crippen LogP contribution in [0.25, 0.3) is 0 Å². The summed E-state index contributed by atoms with van der Waals surface area (Å²) in [5, 5.41) is 2.87. The van der Waals surface area contributed by atoms with Gasteiger partial charge in [-0.15, -0.1) is 0 Å². The van der Waals surface area contributed by atoms with Crippen molar-refractivity contribution < 1.29 is 9.53 Å². The van der Waals surface area contributed by atoms with Crippen LogP contribution >= 0.6 is 0 Å². The highest BCUT2D eigenvalue weighted by molar-refractivity contribution is 5.77. The number of nitrogens with one attached hydrogen (secondary N) is 1. The molecule has 0 radical (unpaired) electrons. The molecule has 1 saturated carbocycles. The molecule has 0 unspecified atom stereocenters. The Morgan fingerprint density at radius 3 is 2.89 bits per heavy atom. The van der Waals surface area contributed by atoms with Gasteiger partial charge in [0.1, 0.15) is 5.75 Å². The number of benzene rings is 1. The van der Waals surface area contributed by atoms with Crippen LogP contribution in [0.3, 0.4) is 0 Å². The van der Waals surface area contributed by atoms with E-state index in [1.54, 1.807) is 0 Å². The number of hydrogen-bond acceptors (Lipinski definition) is 3. The Morgan fingerprint density at radius 1 is 1.39 bits per heavy atom. The second kappa shape index (κ2) is 6.40. The van der Waals surface area contributed by atoms with E-state index in [0.717, 1.165) is 24.4 Å². The minimum Gasteiger partial charge on any atom is -0.483 e. The third-order valence-corrected chi connectivity index (χ3v) is 3.12. The maximum atomic E-state index is 11.6. The summed E-state index contributed by atoms with van der Waals surface area (Å²) in [6.45, 7) is 1.23. The summed E-state index contributed by atoms with van der Waals surface area (Å²) in [6, 6.07) is 7.52. The number of ether oxygens (including phenoxy) is 1. The molecule has 0 heterocycles. The molecule has 1 fully saturated rings. The van der Waals surface area contributed by atoms with Crippen molar-refractivity contribution >= 4 is 5.91 Å². The minimum absolute atomic E-state index is 0.0572. The van der Waals surface area contributed by atoms with E-state index in [0.29, 0.717) is 12.3 Å². The fourth-order valence-electron chi connectivity index (χ4n) is 1.83. The molecule has 98 valence electrons. The van der Waals surface area contributed by atoms with Crippen molar-refractivity contribution in [1.82, 2.24) is 5.32 Å². The molecule has 0 bridgehead atoms. The molecular weight excluding hydrogens is 228 g/mol. The summed E-state index contributed by atoms with van der Waals surface area (Å²) in [7, 11) is 0. The lowest BCUT2D eigenvalue weighted by Crippen LogP contribution is -2.30. The van der Waals surface area contributed by atoms with Crippen LogP contribution in [0.2, 0.25) is 0 Å². The van der Waals surface area contributed by atoms with Crippen LogP contribution in [0.5, 0.6) is 5.75 Å². The van der Waals surface area contributed by atoms with E-state index in [2.05, 4.69) is 5.32 Å². The predicted molar refractivity (Wildman–Crippen MR) is 70.2 cm³/mol. The Hall–Kier alpha value is -1.55. The number of hydrogen-bond donors (Lipinski definition) is 2. The fourth-order valence-corrected chi connectivity index (χ4v) is 1.83. The first kappa shape index (κ1) is 12.9. The number of rotatable bonds is 7. The smallest absolute Gasteiger partial charge is 0.257 e. The normalized spacial score (nSPS) is 14.3. The Morgan fingerprint density at radius 2 is 2.17 bits per heavy atom. The molecule has 0 atom stereocenters. The lowest BCUT2D eigenvalue weighted by atomic mass is 10.2. The number of para-hydroxylation sites is 1. The zero-order chi connectivity index (χ0) is 12.8. The summed E-state index contributed by atoms with van der Waals surface area (Å²) >= 11 is 0. The molecule has 1 aliphatic carbocycles. The number of amides is 1. The van der Waals surface area contributed by atoms with Crippen LogP contribution in [-0.2, 0) is 11.3 Å². The van der Waals surface area contributed by atoms with E-state index >= 15 is 0 Å². The Kier molecular flexibility index (Phi) is 4.59. The maximum absolute atomic E-state index is 11.6. The van der Waals surface area contributed by atoms with Gasteiger partial charge in [0.25, 0.3) is 5.91 Å². The van der Waals surface area contributed by atoms with E-state index < -0.39 is 0 Å². The molecule has 18 heavy (non-hydrogen) atoms. The molecule has 3 N–H and O–H groups in total. The highest BCUT2D eigenvalue weighted by atomic mass is 16.5. The highest BCUT2D eigenvalue weighted by Crippen LogP contribution is 2.31. The first-order valence-corrected chi connectivity index (χ1v) is 6.47. The molecule has 2 rings (SSSR count). The van der Waals surface area contributed by atoms with Gasteiger partial charge in [-0.25, -0.2) is 0 Å². The van der Waals surface area contributed by atoms with Gasteiger partial charge in [0, 0.05) is 18.7 Å². The Labute approximate surface area is 108 Å². The van der Waals surface area contributed by atoms with E-state index in [9.17, 15) is 4.79 Å². The molecule has 1 aliphatic rings. The molecule has 0 aliphatic heterocycles. The molecule has 1 aromatic carbocycles. The Balaban J connectivity index is 1.70. The van der Waals surface area contributed by atoms with Crippen molar-refractivity contribution in [3.05, 3.63) is 29.8 Å². The number of carbonyl (C=O) groups is 1. The zero-order valence-electron chi connectivity index (χ0n) is 10.5. The number of carbonyl (C=O) groups excluding carboxylic acids is 1. The van der Waals surface area contributed by atoms with E-state index in [1.165, 1.54) is 12.8 Å². The molecule has 0 aromatic heterocycles. The van der Waals surface area contributed by atoms with E-state index in [1.807, 2.05) is 24.3 Å². The minimum atomic E-state index is -0.0672. The van der Waals surface area contributed by atoms with Crippen molar-refractivity contribution in [3.8, 4) is 5.75 Å². The highest BCUT2D eigenvalue weighted by Gasteiger charge is 2.20. The summed E-state index contributed by atoms with van der Waals surface area (Å²) in [5.41, 5.74) is 6.52. The van der Waals surface area contributed by atoms with Gasteiger partial charge in [0.05, 0.1) is 0 Å². The largest absolute Gasteiger partial charge is 0.483 e. The van der Waals surface area contributed by atoms with Crippen LogP contribution in [0, 0.1) is 5.92 Å².